The van der Waals surface area contributed by atoms with Crippen LogP contribution < -0.4 is 0 Å². The summed E-state index contributed by atoms with van der Waals surface area (Å²) >= 11 is 0. The van der Waals surface area contributed by atoms with Crippen molar-refractivity contribution in [3.05, 3.63) is 34.9 Å². The number of aliphatic hydroxyl groups excluding tert-OH is 1. The molecule has 164 valence electrons. The van der Waals surface area contributed by atoms with E-state index in [-0.39, 0.29) is 29.0 Å². The van der Waals surface area contributed by atoms with Gasteiger partial charge in [0.15, 0.2) is 17.5 Å². The van der Waals surface area contributed by atoms with Crippen LogP contribution in [-0.2, 0) is 14.3 Å². The molecule has 0 amide bonds. The average molecular weight is 415 g/mol. The molecule has 30 heavy (non-hydrogen) atoms. The van der Waals surface area contributed by atoms with Crippen LogP contribution in [0.1, 0.15) is 54.9 Å². The van der Waals surface area contributed by atoms with Gasteiger partial charge in [-0.15, -0.1) is 0 Å². The van der Waals surface area contributed by atoms with Gasteiger partial charge < -0.3 is 14.9 Å². The van der Waals surface area contributed by atoms with E-state index in [9.17, 15) is 19.8 Å². The Morgan fingerprint density at radius 2 is 1.90 bits per heavy atom. The molecule has 4 aliphatic rings. The average Bonchev–Trinajstić information content (AvgIpc) is 3.17. The van der Waals surface area contributed by atoms with Gasteiger partial charge >= 0.3 is 5.97 Å². The maximum Gasteiger partial charge on any atom is 0.334 e. The minimum absolute atomic E-state index is 0.0490. The van der Waals surface area contributed by atoms with E-state index < -0.39 is 29.2 Å². The van der Waals surface area contributed by atoms with Gasteiger partial charge in [0, 0.05) is 11.5 Å². The number of ketones is 1. The van der Waals surface area contributed by atoms with Crippen molar-refractivity contribution in [3.8, 4) is 0 Å². The summed E-state index contributed by atoms with van der Waals surface area (Å²) in [4.78, 5) is 26.7. The van der Waals surface area contributed by atoms with Crippen LogP contribution in [-0.4, -0.2) is 39.8 Å². The van der Waals surface area contributed by atoms with Gasteiger partial charge in [0.05, 0.1) is 5.41 Å². The number of hydrogen-bond donors (Lipinski definition) is 2. The first-order chi connectivity index (χ1) is 13.9. The van der Waals surface area contributed by atoms with Crippen LogP contribution in [0.4, 0.5) is 0 Å². The molecule has 2 N–H and O–H groups in total. The van der Waals surface area contributed by atoms with Gasteiger partial charge in [-0.25, -0.2) is 4.79 Å². The molecular formula is C25H34O5. The Balaban J connectivity index is 1.89. The number of Topliss-reactive ketones (excluding diaryl/α,β-unsaturated/α-hetero) is 1. The third-order valence-corrected chi connectivity index (χ3v) is 8.82. The number of carbonyl (C=O) groups excluding carboxylic acids is 2. The number of ether oxygens (including phenoxy) is 1. The normalized spacial score (nSPS) is 46.7. The van der Waals surface area contributed by atoms with E-state index in [1.807, 2.05) is 19.1 Å². The fraction of sp³-hybridized carbons (Fsp3) is 0.680. The Hall–Kier alpha value is -1.72. The fourth-order valence-corrected chi connectivity index (χ4v) is 6.89. The van der Waals surface area contributed by atoms with Crippen molar-refractivity contribution in [1.29, 1.82) is 0 Å². The number of allylic oxidation sites excluding steroid dienone is 2. The lowest BCUT2D eigenvalue weighted by Crippen LogP contribution is -2.65. The summed E-state index contributed by atoms with van der Waals surface area (Å²) < 4.78 is 5.76. The number of hydrogen-bond acceptors (Lipinski definition) is 5. The van der Waals surface area contributed by atoms with Gasteiger partial charge in [-0.1, -0.05) is 39.0 Å². The first kappa shape index (κ1) is 21.5. The van der Waals surface area contributed by atoms with E-state index in [2.05, 4.69) is 13.8 Å². The number of esters is 1. The summed E-state index contributed by atoms with van der Waals surface area (Å²) in [5, 5.41) is 23.6. The highest BCUT2D eigenvalue weighted by molar-refractivity contribution is 5.95. The van der Waals surface area contributed by atoms with Crippen LogP contribution in [0, 0.1) is 34.5 Å². The molecule has 5 nitrogen and oxygen atoms in total. The molecule has 2 fully saturated rings. The maximum absolute atomic E-state index is 14.1. The molecule has 5 unspecified atom stereocenters. The van der Waals surface area contributed by atoms with Crippen molar-refractivity contribution in [3.63, 3.8) is 0 Å². The molecule has 4 rings (SSSR count). The minimum atomic E-state index is -1.92. The van der Waals surface area contributed by atoms with Crippen molar-refractivity contribution in [2.75, 3.05) is 0 Å². The predicted molar refractivity (Wildman–Crippen MR) is 113 cm³/mol. The molecule has 0 aromatic rings. The summed E-state index contributed by atoms with van der Waals surface area (Å²) in [6.45, 7) is 13.3. The molecule has 0 radical (unpaired) electrons. The Kier molecular flexibility index (Phi) is 4.58. The summed E-state index contributed by atoms with van der Waals surface area (Å²) in [5.41, 5.74) is -1.53. The lowest BCUT2D eigenvalue weighted by atomic mass is 9.59. The van der Waals surface area contributed by atoms with Gasteiger partial charge in [-0.05, 0) is 68.4 Å². The van der Waals surface area contributed by atoms with E-state index >= 15 is 0 Å². The minimum Gasteiger partial charge on any atom is -0.451 e. The second-order valence-electron chi connectivity index (χ2n) is 10.6. The second-order valence-corrected chi connectivity index (χ2v) is 10.6. The maximum atomic E-state index is 14.1. The monoisotopic (exact) mass is 414 g/mol. The van der Waals surface area contributed by atoms with E-state index in [4.69, 9.17) is 4.74 Å². The Bertz CT molecular complexity index is 908. The molecular weight excluding hydrogens is 380 g/mol. The van der Waals surface area contributed by atoms with Crippen molar-refractivity contribution in [1.82, 2.24) is 0 Å². The highest BCUT2D eigenvalue weighted by Gasteiger charge is 2.76. The highest BCUT2D eigenvalue weighted by atomic mass is 16.6. The number of fused-ring (bicyclic) bond motifs is 3. The van der Waals surface area contributed by atoms with Crippen molar-refractivity contribution < 1.29 is 24.5 Å². The van der Waals surface area contributed by atoms with E-state index in [0.29, 0.717) is 22.6 Å². The third-order valence-electron chi connectivity index (χ3n) is 8.82. The van der Waals surface area contributed by atoms with Gasteiger partial charge in [0.1, 0.15) is 6.10 Å². The number of carbonyl (C=O) groups is 2. The molecule has 8 atom stereocenters. The van der Waals surface area contributed by atoms with E-state index in [1.54, 1.807) is 33.8 Å². The number of aliphatic hydroxyl groups is 2. The number of rotatable bonds is 2. The summed E-state index contributed by atoms with van der Waals surface area (Å²) in [7, 11) is 0. The lowest BCUT2D eigenvalue weighted by molar-refractivity contribution is -0.201. The van der Waals surface area contributed by atoms with Crippen LogP contribution in [0.25, 0.3) is 0 Å². The Morgan fingerprint density at radius 1 is 1.27 bits per heavy atom. The molecule has 4 aliphatic carbocycles. The molecule has 5 heteroatoms. The van der Waals surface area contributed by atoms with E-state index in [0.717, 1.165) is 6.42 Å². The molecule has 1 spiro atoms. The molecule has 0 aromatic heterocycles. The largest absolute Gasteiger partial charge is 0.451 e. The van der Waals surface area contributed by atoms with E-state index in [1.165, 1.54) is 0 Å². The first-order valence-electron chi connectivity index (χ1n) is 11.0. The van der Waals surface area contributed by atoms with Crippen LogP contribution in [0.5, 0.6) is 0 Å². The van der Waals surface area contributed by atoms with Crippen LogP contribution in [0.3, 0.4) is 0 Å². The zero-order chi connectivity index (χ0) is 22.4. The Labute approximate surface area is 178 Å². The fourth-order valence-electron chi connectivity index (χ4n) is 6.89. The molecule has 0 saturated heterocycles. The standard InChI is InChI=1S/C25H34O5/c1-8-12(2)22(28)30-21-14(4)11-24-15(5)10-17-18(23(17,6)7)16(20(24)27)9-13(3)19(26)25(21,24)29/h8-9,11,15-19,21,26,29H,10H2,1-7H3/b12-8-/t15-,16?,17-,18+,19?,21?,24?,25?/m1/s1. The van der Waals surface area contributed by atoms with Crippen molar-refractivity contribution in [2.24, 2.45) is 34.5 Å². The zero-order valence-corrected chi connectivity index (χ0v) is 19.0. The lowest BCUT2D eigenvalue weighted by Gasteiger charge is -2.48. The smallest absolute Gasteiger partial charge is 0.334 e. The van der Waals surface area contributed by atoms with Crippen molar-refractivity contribution >= 4 is 11.8 Å². The predicted octanol–water partition coefficient (Wildman–Crippen LogP) is 3.36. The topological polar surface area (TPSA) is 83.8 Å². The van der Waals surface area contributed by atoms with Crippen LogP contribution in [0.2, 0.25) is 0 Å². The molecule has 0 aliphatic heterocycles. The second kappa shape index (κ2) is 6.39. The Morgan fingerprint density at radius 3 is 2.50 bits per heavy atom. The van der Waals surface area contributed by atoms with Gasteiger partial charge in [-0.3, -0.25) is 4.79 Å². The molecule has 0 aromatic carbocycles. The SMILES string of the molecule is C/C=C(/C)C(=O)OC1C(C)=CC23C(=O)C(C=C(C)C(O)C12O)[C@H]1[C@@H](C[C@H]3C)C1(C)C. The first-order valence-corrected chi connectivity index (χ1v) is 11.0. The van der Waals surface area contributed by atoms with Gasteiger partial charge in [-0.2, -0.15) is 0 Å². The zero-order valence-electron chi connectivity index (χ0n) is 19.0. The summed E-state index contributed by atoms with van der Waals surface area (Å²) in [6.07, 6.45) is 3.74. The van der Waals surface area contributed by atoms with Crippen LogP contribution >= 0.6 is 0 Å². The molecule has 2 bridgehead atoms. The third kappa shape index (κ3) is 2.36. The van der Waals surface area contributed by atoms with Gasteiger partial charge in [0.25, 0.3) is 0 Å². The summed E-state index contributed by atoms with van der Waals surface area (Å²) in [6, 6.07) is 0. The molecule has 0 heterocycles. The molecule has 2 saturated carbocycles. The van der Waals surface area contributed by atoms with Crippen LogP contribution in [0.15, 0.2) is 34.9 Å². The summed E-state index contributed by atoms with van der Waals surface area (Å²) in [5.74, 6) is -0.541. The quantitative estimate of drug-likeness (QED) is 0.411. The highest BCUT2D eigenvalue weighted by Crippen LogP contribution is 2.71. The van der Waals surface area contributed by atoms with Crippen molar-refractivity contribution in [2.45, 2.75) is 72.7 Å². The van der Waals surface area contributed by atoms with Gasteiger partial charge in [0.2, 0.25) is 0 Å².